The Hall–Kier alpha value is -2.03. The first kappa shape index (κ1) is 14.4. The van der Waals surface area contributed by atoms with E-state index >= 15 is 0 Å². The minimum atomic E-state index is -0.555. The molecule has 1 unspecified atom stereocenters. The standard InChI is InChI=1S/C11H15N5O3S/c1-7-6-20-3-2-15(7)11-9(10(12)14-17)4-8(5-13-11)16(18)19/h4-5,7,17H,2-3,6H2,1H3,(H2,12,14). The van der Waals surface area contributed by atoms with Gasteiger partial charge in [0.1, 0.15) is 12.0 Å². The molecule has 1 aromatic heterocycles. The van der Waals surface area contributed by atoms with E-state index in [0.29, 0.717) is 5.82 Å². The SMILES string of the molecule is CC1CSCCN1c1ncc([N+](=O)[O-])cc1C(N)=NO. The van der Waals surface area contributed by atoms with Crippen molar-refractivity contribution in [2.75, 3.05) is 23.0 Å². The summed E-state index contributed by atoms with van der Waals surface area (Å²) in [6.07, 6.45) is 1.19. The van der Waals surface area contributed by atoms with E-state index in [1.807, 2.05) is 23.6 Å². The lowest BCUT2D eigenvalue weighted by Gasteiger charge is -2.34. The Morgan fingerprint density at radius 2 is 2.50 bits per heavy atom. The van der Waals surface area contributed by atoms with Gasteiger partial charge in [-0.1, -0.05) is 5.16 Å². The number of nitrogens with two attached hydrogens (primary N) is 1. The molecule has 20 heavy (non-hydrogen) atoms. The molecule has 0 saturated carbocycles. The van der Waals surface area contributed by atoms with Gasteiger partial charge in [-0.05, 0) is 6.92 Å². The van der Waals surface area contributed by atoms with Crippen molar-refractivity contribution in [3.8, 4) is 0 Å². The van der Waals surface area contributed by atoms with Crippen LogP contribution in [0, 0.1) is 10.1 Å². The highest BCUT2D eigenvalue weighted by molar-refractivity contribution is 7.99. The zero-order chi connectivity index (χ0) is 14.7. The molecular formula is C11H15N5O3S. The monoisotopic (exact) mass is 297 g/mol. The van der Waals surface area contributed by atoms with Gasteiger partial charge in [-0.2, -0.15) is 11.8 Å². The van der Waals surface area contributed by atoms with Crippen LogP contribution in [0.2, 0.25) is 0 Å². The van der Waals surface area contributed by atoms with E-state index in [1.54, 1.807) is 0 Å². The van der Waals surface area contributed by atoms with Gasteiger partial charge in [0, 0.05) is 30.2 Å². The van der Waals surface area contributed by atoms with Crippen molar-refractivity contribution in [1.29, 1.82) is 0 Å². The van der Waals surface area contributed by atoms with Crippen molar-refractivity contribution >= 4 is 29.1 Å². The van der Waals surface area contributed by atoms with Crippen molar-refractivity contribution in [2.45, 2.75) is 13.0 Å². The molecule has 0 aliphatic carbocycles. The van der Waals surface area contributed by atoms with Gasteiger partial charge in [0.2, 0.25) is 0 Å². The Kier molecular flexibility index (Phi) is 4.28. The third-order valence-electron chi connectivity index (χ3n) is 3.09. The zero-order valence-corrected chi connectivity index (χ0v) is 11.7. The highest BCUT2D eigenvalue weighted by atomic mass is 32.2. The van der Waals surface area contributed by atoms with E-state index in [2.05, 4.69) is 10.1 Å². The number of aromatic nitrogens is 1. The lowest BCUT2D eigenvalue weighted by Crippen LogP contribution is -2.42. The maximum Gasteiger partial charge on any atom is 0.288 e. The average Bonchev–Trinajstić information content (AvgIpc) is 2.46. The molecular weight excluding hydrogens is 282 g/mol. The van der Waals surface area contributed by atoms with Gasteiger partial charge in [-0.3, -0.25) is 10.1 Å². The number of amidine groups is 1. The van der Waals surface area contributed by atoms with Crippen molar-refractivity contribution in [3.05, 3.63) is 27.9 Å². The van der Waals surface area contributed by atoms with Crippen LogP contribution in [0.1, 0.15) is 12.5 Å². The molecule has 0 aromatic carbocycles. The molecule has 0 radical (unpaired) electrons. The third-order valence-corrected chi connectivity index (χ3v) is 4.28. The summed E-state index contributed by atoms with van der Waals surface area (Å²) in [7, 11) is 0. The molecule has 9 heteroatoms. The van der Waals surface area contributed by atoms with Gasteiger partial charge in [0.05, 0.1) is 10.5 Å². The number of hydrogen-bond acceptors (Lipinski definition) is 7. The van der Waals surface area contributed by atoms with E-state index in [1.165, 1.54) is 12.3 Å². The highest BCUT2D eigenvalue weighted by Crippen LogP contribution is 2.27. The topological polar surface area (TPSA) is 118 Å². The van der Waals surface area contributed by atoms with Crippen LogP contribution >= 0.6 is 11.8 Å². The molecule has 1 aromatic rings. The zero-order valence-electron chi connectivity index (χ0n) is 10.9. The fourth-order valence-corrected chi connectivity index (χ4v) is 3.07. The minimum absolute atomic E-state index is 0.179. The largest absolute Gasteiger partial charge is 0.409 e. The van der Waals surface area contributed by atoms with Gasteiger partial charge in [0.25, 0.3) is 5.69 Å². The summed E-state index contributed by atoms with van der Waals surface area (Å²) in [6.45, 7) is 2.81. The minimum Gasteiger partial charge on any atom is -0.409 e. The first-order chi connectivity index (χ1) is 9.54. The normalized spacial score (nSPS) is 19.9. The summed E-state index contributed by atoms with van der Waals surface area (Å²) in [4.78, 5) is 16.4. The molecule has 1 aliphatic heterocycles. The van der Waals surface area contributed by atoms with Gasteiger partial charge in [-0.15, -0.1) is 0 Å². The molecule has 0 spiro atoms. The van der Waals surface area contributed by atoms with Crippen LogP contribution < -0.4 is 10.6 Å². The molecule has 2 rings (SSSR count). The lowest BCUT2D eigenvalue weighted by atomic mass is 10.2. The van der Waals surface area contributed by atoms with Crippen LogP contribution in [0.15, 0.2) is 17.4 Å². The van der Waals surface area contributed by atoms with Crippen LogP contribution in [0.3, 0.4) is 0 Å². The molecule has 1 saturated heterocycles. The Balaban J connectivity index is 2.48. The van der Waals surface area contributed by atoms with E-state index < -0.39 is 4.92 Å². The Labute approximate surface area is 119 Å². The summed E-state index contributed by atoms with van der Waals surface area (Å²) in [5, 5.41) is 22.6. The van der Waals surface area contributed by atoms with Gasteiger partial charge in [-0.25, -0.2) is 4.98 Å². The van der Waals surface area contributed by atoms with Crippen LogP contribution in [0.5, 0.6) is 0 Å². The van der Waals surface area contributed by atoms with E-state index in [4.69, 9.17) is 10.9 Å². The number of oxime groups is 1. The fraction of sp³-hybridized carbons (Fsp3) is 0.455. The smallest absolute Gasteiger partial charge is 0.288 e. The number of nitro groups is 1. The number of pyridine rings is 1. The molecule has 0 amide bonds. The molecule has 8 nitrogen and oxygen atoms in total. The summed E-state index contributed by atoms with van der Waals surface area (Å²) < 4.78 is 0. The molecule has 2 heterocycles. The second kappa shape index (κ2) is 5.95. The third kappa shape index (κ3) is 2.77. The first-order valence-electron chi connectivity index (χ1n) is 6.01. The maximum absolute atomic E-state index is 10.8. The predicted octanol–water partition coefficient (Wildman–Crippen LogP) is 1.03. The molecule has 1 fully saturated rings. The predicted molar refractivity (Wildman–Crippen MR) is 77.5 cm³/mol. The average molecular weight is 297 g/mol. The first-order valence-corrected chi connectivity index (χ1v) is 7.16. The number of hydrogen-bond donors (Lipinski definition) is 2. The van der Waals surface area contributed by atoms with E-state index in [-0.39, 0.29) is 23.1 Å². The quantitative estimate of drug-likeness (QED) is 0.281. The number of nitrogens with zero attached hydrogens (tertiary/aromatic N) is 4. The van der Waals surface area contributed by atoms with Crippen LogP contribution in [0.25, 0.3) is 0 Å². The van der Waals surface area contributed by atoms with Crippen LogP contribution in [0.4, 0.5) is 11.5 Å². The van der Waals surface area contributed by atoms with Crippen molar-refractivity contribution in [1.82, 2.24) is 4.98 Å². The Bertz CT molecular complexity index is 551. The fourth-order valence-electron chi connectivity index (χ4n) is 2.06. The summed E-state index contributed by atoms with van der Waals surface area (Å²) >= 11 is 1.84. The van der Waals surface area contributed by atoms with Crippen LogP contribution in [-0.4, -0.2) is 45.0 Å². The number of rotatable bonds is 3. The van der Waals surface area contributed by atoms with Gasteiger partial charge < -0.3 is 15.8 Å². The van der Waals surface area contributed by atoms with E-state index in [9.17, 15) is 10.1 Å². The Morgan fingerprint density at radius 1 is 1.75 bits per heavy atom. The lowest BCUT2D eigenvalue weighted by molar-refractivity contribution is -0.385. The van der Waals surface area contributed by atoms with E-state index in [0.717, 1.165) is 18.1 Å². The molecule has 1 atom stereocenters. The molecule has 1 aliphatic rings. The molecule has 108 valence electrons. The second-order valence-electron chi connectivity index (χ2n) is 4.42. The summed E-state index contributed by atoms with van der Waals surface area (Å²) in [6, 6.07) is 1.51. The molecule has 3 N–H and O–H groups in total. The second-order valence-corrected chi connectivity index (χ2v) is 5.57. The van der Waals surface area contributed by atoms with Crippen molar-refractivity contribution in [2.24, 2.45) is 10.9 Å². The van der Waals surface area contributed by atoms with Crippen molar-refractivity contribution in [3.63, 3.8) is 0 Å². The number of anilines is 1. The van der Waals surface area contributed by atoms with Crippen LogP contribution in [-0.2, 0) is 0 Å². The Morgan fingerprint density at radius 3 is 3.10 bits per heavy atom. The van der Waals surface area contributed by atoms with Crippen molar-refractivity contribution < 1.29 is 10.1 Å². The maximum atomic E-state index is 10.8. The van der Waals surface area contributed by atoms with Gasteiger partial charge in [0.15, 0.2) is 5.84 Å². The van der Waals surface area contributed by atoms with Gasteiger partial charge >= 0.3 is 0 Å². The number of thioether (sulfide) groups is 1. The highest BCUT2D eigenvalue weighted by Gasteiger charge is 2.25. The summed E-state index contributed by atoms with van der Waals surface area (Å²) in [5.41, 5.74) is 5.71. The summed E-state index contributed by atoms with van der Waals surface area (Å²) in [5.74, 6) is 2.22. The molecule has 0 bridgehead atoms.